The number of hydrogen-bond donors (Lipinski definition) is 3. The highest BCUT2D eigenvalue weighted by molar-refractivity contribution is 8.00. The summed E-state index contributed by atoms with van der Waals surface area (Å²) >= 11 is 1.50. The van der Waals surface area contributed by atoms with Gasteiger partial charge in [0.25, 0.3) is 0 Å². The Balaban J connectivity index is 1.47. The number of carbonyl (C=O) groups excluding carboxylic acids is 3. The van der Waals surface area contributed by atoms with Crippen LogP contribution in [0, 0.1) is 0 Å². The highest BCUT2D eigenvalue weighted by atomic mass is 32.2. The molecule has 0 bridgehead atoms. The molecule has 1 heterocycles. The van der Waals surface area contributed by atoms with Gasteiger partial charge in [-0.1, -0.05) is 121 Å². The number of methoxy groups -OCH3 is 1. The number of alkyl carbamates (subject to hydrolysis) is 1. The molecule has 0 saturated carbocycles. The first-order valence-electron chi connectivity index (χ1n) is 15.1. The molecule has 0 spiro atoms. The minimum Gasteiger partial charge on any atom is -0.467 e. The lowest BCUT2D eigenvalue weighted by molar-refractivity contribution is -0.145. The maximum absolute atomic E-state index is 14.0. The van der Waals surface area contributed by atoms with Gasteiger partial charge in [-0.05, 0) is 22.3 Å². The van der Waals surface area contributed by atoms with Crippen molar-refractivity contribution in [1.29, 1.82) is 0 Å². The molecule has 0 fully saturated rings. The summed E-state index contributed by atoms with van der Waals surface area (Å²) in [5.74, 6) is -1.06. The summed E-state index contributed by atoms with van der Waals surface area (Å²) in [6.07, 6.45) is 2.43. The van der Waals surface area contributed by atoms with Gasteiger partial charge in [0.15, 0.2) is 0 Å². The summed E-state index contributed by atoms with van der Waals surface area (Å²) in [5.41, 5.74) is 4.44. The van der Waals surface area contributed by atoms with Gasteiger partial charge in [0, 0.05) is 24.1 Å². The van der Waals surface area contributed by atoms with Crippen molar-refractivity contribution in [3.63, 3.8) is 0 Å². The molecule has 240 valence electrons. The number of rotatable bonds is 14. The van der Waals surface area contributed by atoms with Gasteiger partial charge in [-0.25, -0.2) is 14.6 Å². The summed E-state index contributed by atoms with van der Waals surface area (Å²) < 4.78 is 9.75. The Morgan fingerprint density at radius 3 is 1.79 bits per heavy atom. The summed E-state index contributed by atoms with van der Waals surface area (Å²) in [6.45, 7) is 0.0285. The highest BCUT2D eigenvalue weighted by Gasteiger charge is 2.39. The monoisotopic (exact) mass is 648 g/mol. The van der Waals surface area contributed by atoms with Crippen molar-refractivity contribution in [3.8, 4) is 0 Å². The maximum atomic E-state index is 14.0. The Labute approximate surface area is 278 Å². The standard InChI is InChI=1S/C37H36N4O5S/c1-45-35(43)32(22-31-23-38-26-39-31)40-34(42)33(41-36(44)46-24-27-14-6-2-7-15-27)25-47-37(28-16-8-3-9-17-28,29-18-10-4-11-19-29)30-20-12-5-13-21-30/h2-21,23,26,32-33H,22,24-25H2,1H3,(H,38,39)(H,40,42)(H,41,44)/t32-,33+/m0/s1. The van der Waals surface area contributed by atoms with Gasteiger partial charge < -0.3 is 25.1 Å². The molecule has 0 saturated heterocycles. The number of esters is 1. The third-order valence-corrected chi connectivity index (χ3v) is 9.25. The molecule has 47 heavy (non-hydrogen) atoms. The summed E-state index contributed by atoms with van der Waals surface area (Å²) in [5, 5.41) is 5.56. The fourth-order valence-corrected chi connectivity index (χ4v) is 6.85. The average molecular weight is 649 g/mol. The topological polar surface area (TPSA) is 122 Å². The first kappa shape index (κ1) is 33.0. The van der Waals surface area contributed by atoms with Crippen molar-refractivity contribution in [2.24, 2.45) is 0 Å². The molecule has 0 radical (unpaired) electrons. The number of nitrogens with one attached hydrogen (secondary N) is 3. The minimum absolute atomic E-state index is 0.0285. The van der Waals surface area contributed by atoms with Crippen molar-refractivity contribution in [3.05, 3.63) is 162 Å². The van der Waals surface area contributed by atoms with E-state index >= 15 is 0 Å². The Morgan fingerprint density at radius 1 is 0.766 bits per heavy atom. The SMILES string of the molecule is COC(=O)[C@H](Cc1cnc[nH]1)NC(=O)[C@@H](CSC(c1ccccc1)(c1ccccc1)c1ccccc1)NC(=O)OCc1ccccc1. The third kappa shape index (κ3) is 8.47. The van der Waals surface area contributed by atoms with E-state index in [9.17, 15) is 14.4 Å². The Morgan fingerprint density at radius 2 is 1.30 bits per heavy atom. The first-order valence-corrected chi connectivity index (χ1v) is 16.1. The number of thioether (sulfide) groups is 1. The first-order chi connectivity index (χ1) is 23.0. The minimum atomic E-state index is -1.09. The zero-order chi connectivity index (χ0) is 32.9. The van der Waals surface area contributed by atoms with Crippen LogP contribution in [0.25, 0.3) is 0 Å². The van der Waals surface area contributed by atoms with E-state index in [1.54, 1.807) is 6.20 Å². The van der Waals surface area contributed by atoms with Gasteiger partial charge in [-0.15, -0.1) is 11.8 Å². The van der Waals surface area contributed by atoms with Crippen LogP contribution in [-0.4, -0.2) is 52.9 Å². The molecule has 10 heteroatoms. The van der Waals surface area contributed by atoms with Crippen molar-refractivity contribution < 1.29 is 23.9 Å². The zero-order valence-electron chi connectivity index (χ0n) is 25.9. The van der Waals surface area contributed by atoms with Crippen LogP contribution in [0.1, 0.15) is 27.9 Å². The number of ether oxygens (including phenoxy) is 2. The molecule has 0 aliphatic heterocycles. The summed E-state index contributed by atoms with van der Waals surface area (Å²) in [6, 6.07) is 37.3. The van der Waals surface area contributed by atoms with E-state index < -0.39 is 34.8 Å². The van der Waals surface area contributed by atoms with Gasteiger partial charge >= 0.3 is 12.1 Å². The van der Waals surface area contributed by atoms with Crippen LogP contribution >= 0.6 is 11.8 Å². The normalized spacial score (nSPS) is 12.4. The molecule has 3 N–H and O–H groups in total. The van der Waals surface area contributed by atoms with Crippen molar-refractivity contribution >= 4 is 29.7 Å². The second kappa shape index (κ2) is 16.3. The number of nitrogens with zero attached hydrogens (tertiary/aromatic N) is 1. The number of aromatic amines is 1. The number of H-pyrrole nitrogens is 1. The number of imidazole rings is 1. The zero-order valence-corrected chi connectivity index (χ0v) is 26.7. The molecule has 0 aliphatic carbocycles. The van der Waals surface area contributed by atoms with Gasteiger partial charge in [-0.2, -0.15) is 0 Å². The second-order valence-electron chi connectivity index (χ2n) is 10.7. The molecule has 0 aliphatic rings. The predicted molar refractivity (Wildman–Crippen MR) is 181 cm³/mol. The Kier molecular flexibility index (Phi) is 11.4. The van der Waals surface area contributed by atoms with E-state index in [1.807, 2.05) is 84.9 Å². The summed E-state index contributed by atoms with van der Waals surface area (Å²) in [4.78, 5) is 46.9. The largest absolute Gasteiger partial charge is 0.467 e. The van der Waals surface area contributed by atoms with Gasteiger partial charge in [0.05, 0.1) is 18.2 Å². The number of benzene rings is 4. The lowest BCUT2D eigenvalue weighted by atomic mass is 9.84. The van der Waals surface area contributed by atoms with Crippen LogP contribution in [0.5, 0.6) is 0 Å². The fourth-order valence-electron chi connectivity index (χ4n) is 5.29. The van der Waals surface area contributed by atoms with Crippen LogP contribution in [0.3, 0.4) is 0 Å². The lowest BCUT2D eigenvalue weighted by Crippen LogP contribution is -2.54. The molecule has 5 rings (SSSR count). The molecule has 4 aromatic carbocycles. The van der Waals surface area contributed by atoms with Crippen molar-refractivity contribution in [1.82, 2.24) is 20.6 Å². The van der Waals surface area contributed by atoms with E-state index in [0.717, 1.165) is 22.3 Å². The van der Waals surface area contributed by atoms with Crippen molar-refractivity contribution in [2.75, 3.05) is 12.9 Å². The van der Waals surface area contributed by atoms with E-state index in [-0.39, 0.29) is 18.8 Å². The van der Waals surface area contributed by atoms with Crippen molar-refractivity contribution in [2.45, 2.75) is 29.9 Å². The molecule has 2 amide bonds. The van der Waals surface area contributed by atoms with Crippen LogP contribution in [0.4, 0.5) is 4.79 Å². The molecule has 2 atom stereocenters. The third-order valence-electron chi connectivity index (χ3n) is 7.61. The van der Waals surface area contributed by atoms with E-state index in [2.05, 4.69) is 57.0 Å². The van der Waals surface area contributed by atoms with Gasteiger partial charge in [0.2, 0.25) is 5.91 Å². The number of hydrogen-bond acceptors (Lipinski definition) is 7. The van der Waals surface area contributed by atoms with Crippen LogP contribution in [0.2, 0.25) is 0 Å². The highest BCUT2D eigenvalue weighted by Crippen LogP contribution is 2.48. The molecular weight excluding hydrogens is 612 g/mol. The van der Waals surface area contributed by atoms with Crippen LogP contribution in [0.15, 0.2) is 134 Å². The predicted octanol–water partition coefficient (Wildman–Crippen LogP) is 5.63. The van der Waals surface area contributed by atoms with E-state index in [4.69, 9.17) is 9.47 Å². The second-order valence-corrected chi connectivity index (χ2v) is 11.9. The quantitative estimate of drug-likeness (QED) is 0.105. The fraction of sp³-hybridized carbons (Fsp3) is 0.189. The Bertz CT molecular complexity index is 1610. The lowest BCUT2D eigenvalue weighted by Gasteiger charge is -2.36. The van der Waals surface area contributed by atoms with Crippen LogP contribution in [-0.2, 0) is 36.8 Å². The van der Waals surface area contributed by atoms with E-state index in [0.29, 0.717) is 5.69 Å². The molecular formula is C37H36N4O5S. The Hall–Kier alpha value is -5.35. The van der Waals surface area contributed by atoms with Gasteiger partial charge in [-0.3, -0.25) is 4.79 Å². The molecule has 5 aromatic rings. The number of amides is 2. The maximum Gasteiger partial charge on any atom is 0.408 e. The van der Waals surface area contributed by atoms with Gasteiger partial charge in [0.1, 0.15) is 18.7 Å². The molecule has 0 unspecified atom stereocenters. The smallest absolute Gasteiger partial charge is 0.408 e. The number of carbonyl (C=O) groups is 3. The number of aromatic nitrogens is 2. The average Bonchev–Trinajstić information content (AvgIpc) is 3.65. The molecule has 9 nitrogen and oxygen atoms in total. The van der Waals surface area contributed by atoms with Crippen LogP contribution < -0.4 is 10.6 Å². The van der Waals surface area contributed by atoms with E-state index in [1.165, 1.54) is 25.2 Å². The summed E-state index contributed by atoms with van der Waals surface area (Å²) in [7, 11) is 1.26. The molecule has 1 aromatic heterocycles.